The van der Waals surface area contributed by atoms with Crippen LogP contribution in [0.5, 0.6) is 17.2 Å². The second kappa shape index (κ2) is 16.1. The van der Waals surface area contributed by atoms with Gasteiger partial charge in [-0.15, -0.1) is 0 Å². The monoisotopic (exact) mass is 816 g/mol. The molecule has 0 radical (unpaired) electrons. The lowest BCUT2D eigenvalue weighted by Crippen LogP contribution is -2.59. The Morgan fingerprint density at radius 3 is 2.46 bits per heavy atom. The minimum absolute atomic E-state index is 0.0439. The van der Waals surface area contributed by atoms with Crippen molar-refractivity contribution in [1.82, 2.24) is 20.5 Å². The summed E-state index contributed by atoms with van der Waals surface area (Å²) in [6, 6.07) is 4.33. The van der Waals surface area contributed by atoms with E-state index >= 15 is 0 Å². The van der Waals surface area contributed by atoms with Gasteiger partial charge in [0.25, 0.3) is 5.91 Å². The SMILES string of the molecule is COc1cccc2c1C(=O)c1c(O)c3c(c(O)c1C2=O)C[C@@](O)(C(=O)CO)C[C@@H]3O[C@H]1C[C@H](NC(=O)C2CCCN2C(=O)C(C)NC(=O)c2ccncc2)[C@@H](O)[C@H](C)O1. The Bertz CT molecular complexity index is 2230. The number of ether oxygens (including phenoxy) is 3. The molecule has 2 aliphatic heterocycles. The van der Waals surface area contributed by atoms with E-state index in [0.29, 0.717) is 18.4 Å². The third-order valence-electron chi connectivity index (χ3n) is 11.6. The molecule has 0 bridgehead atoms. The highest BCUT2D eigenvalue weighted by atomic mass is 16.7. The number of methoxy groups -OCH3 is 1. The van der Waals surface area contributed by atoms with Crippen LogP contribution in [-0.2, 0) is 30.3 Å². The summed E-state index contributed by atoms with van der Waals surface area (Å²) < 4.78 is 17.6. The van der Waals surface area contributed by atoms with Gasteiger partial charge in [0, 0.05) is 60.5 Å². The van der Waals surface area contributed by atoms with Crippen LogP contribution in [0.1, 0.15) is 99.0 Å². The average molecular weight is 817 g/mol. The Morgan fingerprint density at radius 2 is 1.76 bits per heavy atom. The first kappa shape index (κ1) is 41.4. The van der Waals surface area contributed by atoms with Gasteiger partial charge in [0.2, 0.25) is 17.6 Å². The van der Waals surface area contributed by atoms with Gasteiger partial charge in [-0.1, -0.05) is 12.1 Å². The number of nitrogens with zero attached hydrogens (tertiary/aromatic N) is 2. The van der Waals surface area contributed by atoms with E-state index in [9.17, 15) is 54.3 Å². The summed E-state index contributed by atoms with van der Waals surface area (Å²) in [7, 11) is 1.30. The van der Waals surface area contributed by atoms with Gasteiger partial charge in [-0.2, -0.15) is 0 Å². The number of aliphatic hydroxyl groups is 3. The van der Waals surface area contributed by atoms with Crippen molar-refractivity contribution in [2.75, 3.05) is 20.3 Å². The molecule has 0 saturated carbocycles. The number of pyridine rings is 1. The van der Waals surface area contributed by atoms with Crippen molar-refractivity contribution in [2.45, 2.75) is 94.3 Å². The van der Waals surface area contributed by atoms with E-state index in [0.717, 1.165) is 0 Å². The molecule has 18 heteroatoms. The first-order valence-corrected chi connectivity index (χ1v) is 19.1. The van der Waals surface area contributed by atoms with E-state index in [1.807, 2.05) is 0 Å². The van der Waals surface area contributed by atoms with Crippen molar-refractivity contribution in [2.24, 2.45) is 0 Å². The second-order valence-corrected chi connectivity index (χ2v) is 15.2. The fourth-order valence-electron chi connectivity index (χ4n) is 8.53. The molecule has 3 heterocycles. The van der Waals surface area contributed by atoms with Crippen LogP contribution in [0, 0.1) is 0 Å². The molecule has 1 aromatic heterocycles. The van der Waals surface area contributed by atoms with Gasteiger partial charge in [-0.25, -0.2) is 0 Å². The van der Waals surface area contributed by atoms with Crippen molar-refractivity contribution in [1.29, 1.82) is 0 Å². The summed E-state index contributed by atoms with van der Waals surface area (Å²) in [6.45, 7) is 2.16. The standard InChI is InChI=1S/C41H44N4O14/c1-18(43-38(53)20-9-11-42-12-10-20)40(55)45-13-5-7-24(45)39(54)44-23-14-28(58-19(2)33(23)48)59-26-16-41(56,27(47)17-46)15-22-30(26)37(52)32-31(35(22)50)34(49)21-6-4-8-25(57-3)29(21)36(32)51/h4,6,8-12,18-19,23-24,26,28,33,46,48,50,52,56H,5,7,13-17H2,1-3H3,(H,43,53)(H,44,54)/t18?,19-,23-,24?,26-,28-,33-,41-/m0/s1. The Hall–Kier alpha value is -5.79. The summed E-state index contributed by atoms with van der Waals surface area (Å²) in [6.07, 6.45) is -2.91. The third kappa shape index (κ3) is 7.31. The highest BCUT2D eigenvalue weighted by Crippen LogP contribution is 2.52. The molecule has 7 N–H and O–H groups in total. The van der Waals surface area contributed by atoms with Crippen LogP contribution in [0.4, 0.5) is 0 Å². The number of aliphatic hydroxyl groups excluding tert-OH is 2. The number of carbonyl (C=O) groups is 6. The highest BCUT2D eigenvalue weighted by Gasteiger charge is 2.51. The molecule has 2 saturated heterocycles. The predicted octanol–water partition coefficient (Wildman–Crippen LogP) is 0.363. The maximum Gasteiger partial charge on any atom is 0.252 e. The number of Topliss-reactive ketones (excluding diaryl/α,β-unsaturated/α-hetero) is 1. The maximum absolute atomic E-state index is 14.0. The summed E-state index contributed by atoms with van der Waals surface area (Å²) in [4.78, 5) is 86.0. The Labute approximate surface area is 337 Å². The average Bonchev–Trinajstić information content (AvgIpc) is 3.72. The second-order valence-electron chi connectivity index (χ2n) is 15.2. The van der Waals surface area contributed by atoms with Crippen LogP contribution in [0.3, 0.4) is 0 Å². The molecule has 0 spiro atoms. The molecule has 312 valence electrons. The van der Waals surface area contributed by atoms with Crippen LogP contribution in [-0.4, -0.2) is 133 Å². The van der Waals surface area contributed by atoms with Gasteiger partial charge in [-0.05, 0) is 44.9 Å². The van der Waals surface area contributed by atoms with Gasteiger partial charge >= 0.3 is 0 Å². The predicted molar refractivity (Wildman–Crippen MR) is 202 cm³/mol. The van der Waals surface area contributed by atoms with Gasteiger partial charge in [0.1, 0.15) is 47.6 Å². The summed E-state index contributed by atoms with van der Waals surface area (Å²) in [5.41, 5.74) is -3.92. The number of fused-ring (bicyclic) bond motifs is 3. The number of carbonyl (C=O) groups excluding carboxylic acids is 6. The van der Waals surface area contributed by atoms with Crippen molar-refractivity contribution in [3.05, 3.63) is 81.7 Å². The molecule has 2 unspecified atom stereocenters. The number of hydrogen-bond donors (Lipinski definition) is 7. The zero-order valence-electron chi connectivity index (χ0n) is 32.3. The van der Waals surface area contributed by atoms with Crippen LogP contribution < -0.4 is 15.4 Å². The van der Waals surface area contributed by atoms with E-state index in [2.05, 4.69) is 15.6 Å². The molecule has 59 heavy (non-hydrogen) atoms. The van der Waals surface area contributed by atoms with Crippen molar-refractivity contribution in [3.63, 3.8) is 0 Å². The number of likely N-dealkylation sites (tertiary alicyclic amines) is 1. The number of hydrogen-bond acceptors (Lipinski definition) is 15. The summed E-state index contributed by atoms with van der Waals surface area (Å²) in [5.74, 6) is -5.77. The van der Waals surface area contributed by atoms with Crippen molar-refractivity contribution >= 4 is 35.1 Å². The van der Waals surface area contributed by atoms with Crippen molar-refractivity contribution in [3.8, 4) is 17.2 Å². The van der Waals surface area contributed by atoms with E-state index < -0.39 is 125 Å². The number of phenols is 2. The molecule has 8 atom stereocenters. The molecule has 3 amide bonds. The molecule has 3 aromatic rings. The van der Waals surface area contributed by atoms with Crippen LogP contribution in [0.25, 0.3) is 0 Å². The summed E-state index contributed by atoms with van der Waals surface area (Å²) >= 11 is 0. The molecular weight excluding hydrogens is 772 g/mol. The summed E-state index contributed by atoms with van der Waals surface area (Å²) in [5, 5.41) is 61.5. The lowest BCUT2D eigenvalue weighted by molar-refractivity contribution is -0.249. The number of ketones is 3. The topological polar surface area (TPSA) is 271 Å². The number of phenolic OH excluding ortho intramolecular Hbond substituents is 2. The van der Waals surface area contributed by atoms with E-state index in [1.54, 1.807) is 0 Å². The molecule has 7 rings (SSSR count). The van der Waals surface area contributed by atoms with E-state index in [-0.39, 0.29) is 41.0 Å². The van der Waals surface area contributed by atoms with Crippen LogP contribution in [0.2, 0.25) is 0 Å². The number of benzene rings is 2. The largest absolute Gasteiger partial charge is 0.507 e. The van der Waals surface area contributed by atoms with Crippen LogP contribution >= 0.6 is 0 Å². The minimum Gasteiger partial charge on any atom is -0.507 e. The van der Waals surface area contributed by atoms with E-state index in [1.165, 1.54) is 68.6 Å². The number of aromatic hydroxyl groups is 2. The number of nitrogens with one attached hydrogen (secondary N) is 2. The lowest BCUT2D eigenvalue weighted by atomic mass is 9.72. The molecule has 4 aliphatic rings. The van der Waals surface area contributed by atoms with Gasteiger partial charge in [0.15, 0.2) is 17.9 Å². The fraction of sp³-hybridized carbons (Fsp3) is 0.439. The van der Waals surface area contributed by atoms with Gasteiger partial charge < -0.3 is 55.3 Å². The quantitative estimate of drug-likeness (QED) is 0.107. The molecule has 2 aliphatic carbocycles. The molecule has 2 aromatic carbocycles. The van der Waals surface area contributed by atoms with Gasteiger partial charge in [0.05, 0.1) is 42.0 Å². The Kier molecular flexibility index (Phi) is 11.3. The number of amides is 3. The fourth-order valence-corrected chi connectivity index (χ4v) is 8.53. The minimum atomic E-state index is -2.38. The highest BCUT2D eigenvalue weighted by molar-refractivity contribution is 6.31. The smallest absolute Gasteiger partial charge is 0.252 e. The Morgan fingerprint density at radius 1 is 1.05 bits per heavy atom. The third-order valence-corrected chi connectivity index (χ3v) is 11.6. The number of aromatic nitrogens is 1. The van der Waals surface area contributed by atoms with Crippen LogP contribution in [0.15, 0.2) is 42.7 Å². The molecule has 2 fully saturated rings. The number of rotatable bonds is 10. The Balaban J connectivity index is 1.14. The van der Waals surface area contributed by atoms with E-state index in [4.69, 9.17) is 14.2 Å². The maximum atomic E-state index is 14.0. The first-order chi connectivity index (χ1) is 28.1. The first-order valence-electron chi connectivity index (χ1n) is 19.1. The van der Waals surface area contributed by atoms with Gasteiger partial charge in [-0.3, -0.25) is 33.8 Å². The van der Waals surface area contributed by atoms with Crippen molar-refractivity contribution < 1.29 is 68.5 Å². The lowest BCUT2D eigenvalue weighted by Gasteiger charge is -2.43. The molecule has 18 nitrogen and oxygen atoms in total. The molecular formula is C41H44N4O14. The zero-order chi connectivity index (χ0) is 42.5. The zero-order valence-corrected chi connectivity index (χ0v) is 32.3. The normalized spacial score (nSPS) is 26.6.